The number of furan rings is 1. The number of benzene rings is 2. The Morgan fingerprint density at radius 1 is 0.826 bits per heavy atom. The molecule has 0 saturated heterocycles. The smallest absolute Gasteiger partial charge is 0.207 e. The molecule has 2 nitrogen and oxygen atoms in total. The second kappa shape index (κ2) is 5.31. The van der Waals surface area contributed by atoms with Crippen molar-refractivity contribution in [2.45, 2.75) is 33.6 Å². The number of fused-ring (bicyclic) bond motifs is 2. The van der Waals surface area contributed by atoms with E-state index in [0.717, 1.165) is 24.5 Å². The van der Waals surface area contributed by atoms with E-state index in [0.29, 0.717) is 0 Å². The molecule has 1 aliphatic rings. The molecular weight excluding hydrogens is 282 g/mol. The SMILES string of the molecule is Cc1ccc2c(c1)CCc1cc(C)oc1N2c1ccccc1C. The van der Waals surface area contributed by atoms with Crippen LogP contribution < -0.4 is 4.90 Å². The highest BCUT2D eigenvalue weighted by molar-refractivity contribution is 5.80. The first-order valence-corrected chi connectivity index (χ1v) is 8.18. The summed E-state index contributed by atoms with van der Waals surface area (Å²) in [5.74, 6) is 1.95. The van der Waals surface area contributed by atoms with Crippen molar-refractivity contribution in [3.63, 3.8) is 0 Å². The molecule has 0 atom stereocenters. The molecule has 0 saturated carbocycles. The van der Waals surface area contributed by atoms with Gasteiger partial charge in [0.1, 0.15) is 5.76 Å². The van der Waals surface area contributed by atoms with Gasteiger partial charge in [0.15, 0.2) is 0 Å². The van der Waals surface area contributed by atoms with Crippen molar-refractivity contribution in [2.75, 3.05) is 4.90 Å². The van der Waals surface area contributed by atoms with Crippen LogP contribution in [-0.4, -0.2) is 0 Å². The lowest BCUT2D eigenvalue weighted by molar-refractivity contribution is 0.540. The number of para-hydroxylation sites is 1. The molecule has 2 heterocycles. The molecule has 0 fully saturated rings. The lowest BCUT2D eigenvalue weighted by Gasteiger charge is -2.26. The molecule has 2 aromatic carbocycles. The molecule has 1 aromatic heterocycles. The fourth-order valence-electron chi connectivity index (χ4n) is 3.49. The van der Waals surface area contributed by atoms with Crippen LogP contribution in [0.4, 0.5) is 17.3 Å². The van der Waals surface area contributed by atoms with Gasteiger partial charge in [-0.1, -0.05) is 35.9 Å². The highest BCUT2D eigenvalue weighted by Gasteiger charge is 2.26. The third-order valence-corrected chi connectivity index (χ3v) is 4.61. The maximum absolute atomic E-state index is 6.12. The molecule has 2 heteroatoms. The lowest BCUT2D eigenvalue weighted by Crippen LogP contribution is -2.12. The summed E-state index contributed by atoms with van der Waals surface area (Å²) in [5, 5.41) is 0. The van der Waals surface area contributed by atoms with E-state index in [2.05, 4.69) is 67.3 Å². The zero-order valence-corrected chi connectivity index (χ0v) is 13.9. The Morgan fingerprint density at radius 2 is 1.61 bits per heavy atom. The van der Waals surface area contributed by atoms with Crippen molar-refractivity contribution in [2.24, 2.45) is 0 Å². The van der Waals surface area contributed by atoms with Crippen LogP contribution in [0.2, 0.25) is 0 Å². The molecule has 3 aromatic rings. The van der Waals surface area contributed by atoms with Gasteiger partial charge in [0, 0.05) is 5.56 Å². The van der Waals surface area contributed by atoms with Crippen LogP contribution in [0.3, 0.4) is 0 Å². The number of aryl methyl sites for hydroxylation is 5. The second-order valence-electron chi connectivity index (χ2n) is 6.44. The van der Waals surface area contributed by atoms with Crippen LogP contribution >= 0.6 is 0 Å². The summed E-state index contributed by atoms with van der Waals surface area (Å²) in [4.78, 5) is 2.29. The molecule has 0 unspecified atom stereocenters. The standard InChI is InChI=1S/C21H21NO/c1-14-8-11-20-17(12-14)9-10-18-13-16(3)23-21(18)22(20)19-7-5-4-6-15(19)2/h4-8,11-13H,9-10H2,1-3H3. The Balaban J connectivity index is 2.00. The number of rotatable bonds is 1. The van der Waals surface area contributed by atoms with E-state index in [1.54, 1.807) is 0 Å². The Kier molecular flexibility index (Phi) is 3.26. The van der Waals surface area contributed by atoms with E-state index in [-0.39, 0.29) is 0 Å². The van der Waals surface area contributed by atoms with E-state index < -0.39 is 0 Å². The topological polar surface area (TPSA) is 16.4 Å². The van der Waals surface area contributed by atoms with E-state index >= 15 is 0 Å². The summed E-state index contributed by atoms with van der Waals surface area (Å²) >= 11 is 0. The Morgan fingerprint density at radius 3 is 2.43 bits per heavy atom. The second-order valence-corrected chi connectivity index (χ2v) is 6.44. The van der Waals surface area contributed by atoms with Gasteiger partial charge in [-0.25, -0.2) is 0 Å². The largest absolute Gasteiger partial charge is 0.445 e. The molecule has 116 valence electrons. The van der Waals surface area contributed by atoms with Crippen molar-refractivity contribution in [3.05, 3.63) is 76.5 Å². The highest BCUT2D eigenvalue weighted by Crippen LogP contribution is 2.44. The van der Waals surface area contributed by atoms with Crippen molar-refractivity contribution in [1.29, 1.82) is 0 Å². The predicted molar refractivity (Wildman–Crippen MR) is 95.0 cm³/mol. The number of nitrogens with zero attached hydrogens (tertiary/aromatic N) is 1. The molecule has 4 rings (SSSR count). The first kappa shape index (κ1) is 14.1. The van der Waals surface area contributed by atoms with Crippen molar-refractivity contribution >= 4 is 17.3 Å². The number of hydrogen-bond acceptors (Lipinski definition) is 2. The lowest BCUT2D eigenvalue weighted by atomic mass is 10.0. The molecule has 0 spiro atoms. The maximum Gasteiger partial charge on any atom is 0.207 e. The van der Waals surface area contributed by atoms with Gasteiger partial charge in [0.05, 0.1) is 11.4 Å². The third-order valence-electron chi connectivity index (χ3n) is 4.61. The third kappa shape index (κ3) is 2.35. The quantitative estimate of drug-likeness (QED) is 0.567. The van der Waals surface area contributed by atoms with Crippen LogP contribution in [0, 0.1) is 20.8 Å². The van der Waals surface area contributed by atoms with Gasteiger partial charge in [-0.2, -0.15) is 0 Å². The minimum absolute atomic E-state index is 0.972. The van der Waals surface area contributed by atoms with E-state index in [1.807, 2.05) is 6.92 Å². The molecule has 23 heavy (non-hydrogen) atoms. The Labute approximate surface area is 137 Å². The monoisotopic (exact) mass is 303 g/mol. The first-order valence-electron chi connectivity index (χ1n) is 8.18. The molecule has 0 bridgehead atoms. The van der Waals surface area contributed by atoms with Crippen LogP contribution in [0.25, 0.3) is 0 Å². The summed E-state index contributed by atoms with van der Waals surface area (Å²) in [7, 11) is 0. The van der Waals surface area contributed by atoms with Crippen molar-refractivity contribution in [1.82, 2.24) is 0 Å². The first-order chi connectivity index (χ1) is 11.1. The van der Waals surface area contributed by atoms with Gasteiger partial charge < -0.3 is 4.42 Å². The number of hydrogen-bond donors (Lipinski definition) is 0. The fraction of sp³-hybridized carbons (Fsp3) is 0.238. The molecule has 1 aliphatic heterocycles. The van der Waals surface area contributed by atoms with Gasteiger partial charge in [-0.15, -0.1) is 0 Å². The van der Waals surface area contributed by atoms with Crippen LogP contribution in [0.1, 0.15) is 28.0 Å². The van der Waals surface area contributed by atoms with Crippen LogP contribution in [0.15, 0.2) is 52.9 Å². The summed E-state index contributed by atoms with van der Waals surface area (Å²) < 4.78 is 6.12. The van der Waals surface area contributed by atoms with Gasteiger partial charge in [-0.3, -0.25) is 4.90 Å². The highest BCUT2D eigenvalue weighted by atomic mass is 16.4. The Bertz CT molecular complexity index is 875. The molecule has 0 N–H and O–H groups in total. The van der Waals surface area contributed by atoms with E-state index in [1.165, 1.54) is 33.6 Å². The summed E-state index contributed by atoms with van der Waals surface area (Å²) in [5.41, 5.74) is 7.66. The Hall–Kier alpha value is -2.48. The normalized spacial score (nSPS) is 13.4. The molecule has 0 aliphatic carbocycles. The molecule has 0 amide bonds. The minimum atomic E-state index is 0.972. The maximum atomic E-state index is 6.12. The summed E-state index contributed by atoms with van der Waals surface area (Å²) in [6, 6.07) is 17.4. The molecule has 0 radical (unpaired) electrons. The van der Waals surface area contributed by atoms with Crippen molar-refractivity contribution < 1.29 is 4.42 Å². The van der Waals surface area contributed by atoms with Crippen LogP contribution in [0.5, 0.6) is 0 Å². The minimum Gasteiger partial charge on any atom is -0.445 e. The van der Waals surface area contributed by atoms with Gasteiger partial charge in [0.2, 0.25) is 5.88 Å². The number of anilines is 3. The van der Waals surface area contributed by atoms with E-state index in [9.17, 15) is 0 Å². The van der Waals surface area contributed by atoms with Gasteiger partial charge in [-0.05, 0) is 62.9 Å². The van der Waals surface area contributed by atoms with Crippen LogP contribution in [-0.2, 0) is 12.8 Å². The average Bonchev–Trinajstić information content (AvgIpc) is 2.83. The summed E-state index contributed by atoms with van der Waals surface area (Å²) in [6.07, 6.45) is 2.07. The van der Waals surface area contributed by atoms with Crippen molar-refractivity contribution in [3.8, 4) is 0 Å². The fourth-order valence-corrected chi connectivity index (χ4v) is 3.49. The zero-order chi connectivity index (χ0) is 16.0. The summed E-state index contributed by atoms with van der Waals surface area (Å²) in [6.45, 7) is 6.34. The predicted octanol–water partition coefficient (Wildman–Crippen LogP) is 5.77. The molecular formula is C21H21NO. The van der Waals surface area contributed by atoms with Gasteiger partial charge >= 0.3 is 0 Å². The van der Waals surface area contributed by atoms with Gasteiger partial charge in [0.25, 0.3) is 0 Å². The zero-order valence-electron chi connectivity index (χ0n) is 13.9. The average molecular weight is 303 g/mol. The van der Waals surface area contributed by atoms with E-state index in [4.69, 9.17) is 4.42 Å².